The zero-order valence-electron chi connectivity index (χ0n) is 12.5. The fourth-order valence-electron chi connectivity index (χ4n) is 1.74. The Kier molecular flexibility index (Phi) is 7.61. The summed E-state index contributed by atoms with van der Waals surface area (Å²) in [7, 11) is 0. The molecule has 0 spiro atoms. The Morgan fingerprint density at radius 2 is 1.86 bits per heavy atom. The molecular formula is C15H21ClN2O2S. The number of halogens is 1. The predicted octanol–water partition coefficient (Wildman–Crippen LogP) is 2.71. The molecule has 0 heterocycles. The molecule has 2 amide bonds. The fourth-order valence-corrected chi connectivity index (χ4v) is 2.63. The Morgan fingerprint density at radius 1 is 1.24 bits per heavy atom. The number of benzene rings is 1. The van der Waals surface area contributed by atoms with Gasteiger partial charge in [-0.2, -0.15) is 0 Å². The average molecular weight is 329 g/mol. The zero-order chi connectivity index (χ0) is 15.8. The molecular weight excluding hydrogens is 308 g/mol. The minimum atomic E-state index is -0.483. The summed E-state index contributed by atoms with van der Waals surface area (Å²) in [4.78, 5) is 24.2. The van der Waals surface area contributed by atoms with E-state index in [0.29, 0.717) is 11.6 Å². The fraction of sp³-hybridized carbons (Fsp3) is 0.467. The molecule has 1 rings (SSSR count). The minimum Gasteiger partial charge on any atom is -0.353 e. The van der Waals surface area contributed by atoms with Crippen LogP contribution in [0.5, 0.6) is 0 Å². The van der Waals surface area contributed by atoms with E-state index in [0.717, 1.165) is 10.6 Å². The van der Waals surface area contributed by atoms with E-state index >= 15 is 0 Å². The summed E-state index contributed by atoms with van der Waals surface area (Å²) in [5, 5.41) is 6.23. The van der Waals surface area contributed by atoms with Crippen LogP contribution in [0.3, 0.4) is 0 Å². The predicted molar refractivity (Wildman–Crippen MR) is 87.6 cm³/mol. The van der Waals surface area contributed by atoms with E-state index in [1.807, 2.05) is 38.1 Å². The van der Waals surface area contributed by atoms with Crippen LogP contribution in [0.25, 0.3) is 0 Å². The van der Waals surface area contributed by atoms with Crippen LogP contribution >= 0.6 is 23.4 Å². The molecule has 6 heteroatoms. The third kappa shape index (κ3) is 6.87. The molecule has 1 aromatic rings. The topological polar surface area (TPSA) is 58.2 Å². The normalized spacial score (nSPS) is 12.0. The van der Waals surface area contributed by atoms with Crippen LogP contribution in [0.1, 0.15) is 20.8 Å². The van der Waals surface area contributed by atoms with Gasteiger partial charge in [-0.05, 0) is 30.2 Å². The molecule has 116 valence electrons. The summed E-state index contributed by atoms with van der Waals surface area (Å²) in [6.07, 6.45) is 0. The standard InChI is InChI=1S/C15H21ClN2O2S/c1-10(2)14(18-11(3)19)15(20)17-8-9-21-13-6-4-12(16)5-7-13/h4-7,10,14H,8-9H2,1-3H3,(H,17,20)(H,18,19)/t14-/m0/s1. The van der Waals surface area contributed by atoms with Crippen LogP contribution in [-0.4, -0.2) is 30.2 Å². The van der Waals surface area contributed by atoms with E-state index in [2.05, 4.69) is 10.6 Å². The second kappa shape index (κ2) is 8.95. The molecule has 0 radical (unpaired) electrons. The van der Waals surface area contributed by atoms with Crippen LogP contribution in [0, 0.1) is 5.92 Å². The summed E-state index contributed by atoms with van der Waals surface area (Å²) in [5.41, 5.74) is 0. The number of carbonyl (C=O) groups is 2. The van der Waals surface area contributed by atoms with Crippen molar-refractivity contribution in [3.05, 3.63) is 29.3 Å². The van der Waals surface area contributed by atoms with E-state index < -0.39 is 6.04 Å². The molecule has 0 fully saturated rings. The van der Waals surface area contributed by atoms with Gasteiger partial charge in [-0.25, -0.2) is 0 Å². The maximum Gasteiger partial charge on any atom is 0.242 e. The number of rotatable bonds is 7. The Morgan fingerprint density at radius 3 is 2.38 bits per heavy atom. The summed E-state index contributed by atoms with van der Waals surface area (Å²) in [6, 6.07) is 7.09. The summed E-state index contributed by atoms with van der Waals surface area (Å²) >= 11 is 7.46. The smallest absolute Gasteiger partial charge is 0.242 e. The van der Waals surface area contributed by atoms with Crippen LogP contribution in [-0.2, 0) is 9.59 Å². The van der Waals surface area contributed by atoms with Crippen molar-refractivity contribution < 1.29 is 9.59 Å². The van der Waals surface area contributed by atoms with Crippen molar-refractivity contribution in [2.75, 3.05) is 12.3 Å². The lowest BCUT2D eigenvalue weighted by atomic mass is 10.0. The van der Waals surface area contributed by atoms with Gasteiger partial charge in [-0.15, -0.1) is 11.8 Å². The average Bonchev–Trinajstić information content (AvgIpc) is 2.42. The highest BCUT2D eigenvalue weighted by atomic mass is 35.5. The number of carbonyl (C=O) groups excluding carboxylic acids is 2. The van der Waals surface area contributed by atoms with Gasteiger partial charge < -0.3 is 10.6 Å². The Balaban J connectivity index is 2.34. The lowest BCUT2D eigenvalue weighted by molar-refractivity contribution is -0.129. The summed E-state index contributed by atoms with van der Waals surface area (Å²) < 4.78 is 0. The van der Waals surface area contributed by atoms with Gasteiger partial charge in [-0.3, -0.25) is 9.59 Å². The molecule has 0 bridgehead atoms. The van der Waals surface area contributed by atoms with Crippen molar-refractivity contribution in [3.63, 3.8) is 0 Å². The van der Waals surface area contributed by atoms with Gasteiger partial charge in [0.25, 0.3) is 0 Å². The van der Waals surface area contributed by atoms with Gasteiger partial charge in [-0.1, -0.05) is 25.4 Å². The molecule has 0 unspecified atom stereocenters. The largest absolute Gasteiger partial charge is 0.353 e. The van der Waals surface area contributed by atoms with Crippen molar-refractivity contribution >= 4 is 35.2 Å². The summed E-state index contributed by atoms with van der Waals surface area (Å²) in [6.45, 7) is 5.78. The maximum atomic E-state index is 12.0. The monoisotopic (exact) mass is 328 g/mol. The van der Waals surface area contributed by atoms with Gasteiger partial charge >= 0.3 is 0 Å². The Labute approximate surface area is 135 Å². The molecule has 0 saturated carbocycles. The minimum absolute atomic E-state index is 0.0535. The Bertz CT molecular complexity index is 477. The number of nitrogens with one attached hydrogen (secondary N) is 2. The molecule has 2 N–H and O–H groups in total. The molecule has 0 aliphatic heterocycles. The van der Waals surface area contributed by atoms with Crippen LogP contribution in [0.2, 0.25) is 5.02 Å². The first kappa shape index (κ1) is 17.9. The van der Waals surface area contributed by atoms with Crippen molar-refractivity contribution in [3.8, 4) is 0 Å². The van der Waals surface area contributed by atoms with Gasteiger partial charge in [0.1, 0.15) is 6.04 Å². The number of hydrogen-bond donors (Lipinski definition) is 2. The molecule has 0 aliphatic rings. The number of hydrogen-bond acceptors (Lipinski definition) is 3. The van der Waals surface area contributed by atoms with Crippen LogP contribution in [0.15, 0.2) is 29.2 Å². The third-order valence-electron chi connectivity index (χ3n) is 2.79. The molecule has 0 saturated heterocycles. The van der Waals surface area contributed by atoms with E-state index in [4.69, 9.17) is 11.6 Å². The first-order valence-electron chi connectivity index (χ1n) is 6.83. The first-order chi connectivity index (χ1) is 9.90. The van der Waals surface area contributed by atoms with Crippen LogP contribution < -0.4 is 10.6 Å². The van der Waals surface area contributed by atoms with E-state index in [-0.39, 0.29) is 17.7 Å². The van der Waals surface area contributed by atoms with Crippen molar-refractivity contribution in [2.24, 2.45) is 5.92 Å². The highest BCUT2D eigenvalue weighted by molar-refractivity contribution is 7.99. The van der Waals surface area contributed by atoms with E-state index in [1.165, 1.54) is 6.92 Å². The summed E-state index contributed by atoms with van der Waals surface area (Å²) in [5.74, 6) is 0.479. The van der Waals surface area contributed by atoms with E-state index in [9.17, 15) is 9.59 Å². The number of amides is 2. The SMILES string of the molecule is CC(=O)N[C@H](C(=O)NCCSc1ccc(Cl)cc1)C(C)C. The quantitative estimate of drug-likeness (QED) is 0.597. The van der Waals surface area contributed by atoms with E-state index in [1.54, 1.807) is 11.8 Å². The Hall–Kier alpha value is -1.20. The second-order valence-electron chi connectivity index (χ2n) is 5.02. The van der Waals surface area contributed by atoms with Crippen molar-refractivity contribution in [1.82, 2.24) is 10.6 Å². The lowest BCUT2D eigenvalue weighted by Crippen LogP contribution is -2.49. The highest BCUT2D eigenvalue weighted by Crippen LogP contribution is 2.19. The molecule has 1 atom stereocenters. The van der Waals surface area contributed by atoms with Crippen LogP contribution in [0.4, 0.5) is 0 Å². The van der Waals surface area contributed by atoms with Crippen molar-refractivity contribution in [2.45, 2.75) is 31.7 Å². The molecule has 0 aliphatic carbocycles. The van der Waals surface area contributed by atoms with Gasteiger partial charge in [0.05, 0.1) is 0 Å². The molecule has 0 aromatic heterocycles. The lowest BCUT2D eigenvalue weighted by Gasteiger charge is -2.20. The third-order valence-corrected chi connectivity index (χ3v) is 4.06. The molecule has 21 heavy (non-hydrogen) atoms. The number of thioether (sulfide) groups is 1. The molecule has 4 nitrogen and oxygen atoms in total. The molecule has 1 aromatic carbocycles. The highest BCUT2D eigenvalue weighted by Gasteiger charge is 2.22. The second-order valence-corrected chi connectivity index (χ2v) is 6.62. The van der Waals surface area contributed by atoms with Gasteiger partial charge in [0.2, 0.25) is 11.8 Å². The first-order valence-corrected chi connectivity index (χ1v) is 8.19. The van der Waals surface area contributed by atoms with Crippen molar-refractivity contribution in [1.29, 1.82) is 0 Å². The maximum absolute atomic E-state index is 12.0. The van der Waals surface area contributed by atoms with Gasteiger partial charge in [0, 0.05) is 29.1 Å². The van der Waals surface area contributed by atoms with Gasteiger partial charge in [0.15, 0.2) is 0 Å². The zero-order valence-corrected chi connectivity index (χ0v) is 14.1.